The van der Waals surface area contributed by atoms with Crippen molar-refractivity contribution in [2.75, 3.05) is 26.7 Å². The Morgan fingerprint density at radius 1 is 1.44 bits per heavy atom. The molecule has 1 saturated heterocycles. The molecule has 4 heteroatoms. The largest absolute Gasteiger partial charge is 0.461 e. The maximum absolute atomic E-state index is 11.5. The Morgan fingerprint density at radius 2 is 2.17 bits per heavy atom. The van der Waals surface area contributed by atoms with E-state index in [9.17, 15) is 4.79 Å². The number of likely N-dealkylation sites (tertiary alicyclic amines) is 1. The highest BCUT2D eigenvalue weighted by atomic mass is 16.5. The summed E-state index contributed by atoms with van der Waals surface area (Å²) in [5.41, 5.74) is 1.63. The number of aromatic nitrogens is 1. The molecule has 0 atom stereocenters. The van der Waals surface area contributed by atoms with Gasteiger partial charge in [0.05, 0.1) is 6.61 Å². The summed E-state index contributed by atoms with van der Waals surface area (Å²) in [6.45, 7) is 4.44. The molecule has 1 aliphatic heterocycles. The van der Waals surface area contributed by atoms with Crippen LogP contribution < -0.4 is 0 Å². The molecule has 1 aromatic heterocycles. The fourth-order valence-corrected chi connectivity index (χ4v) is 2.31. The first-order valence-electron chi connectivity index (χ1n) is 6.52. The summed E-state index contributed by atoms with van der Waals surface area (Å²) in [4.78, 5) is 18.0. The summed E-state index contributed by atoms with van der Waals surface area (Å²) in [6, 6.07) is 3.78. The SMILES string of the molecule is CCOC(=O)c1ccc(C2CCN(C)CC2)cn1. The molecule has 0 bridgehead atoms. The summed E-state index contributed by atoms with van der Waals surface area (Å²) in [7, 11) is 2.15. The van der Waals surface area contributed by atoms with Crippen LogP contribution in [0.25, 0.3) is 0 Å². The van der Waals surface area contributed by atoms with Crippen molar-refractivity contribution in [2.45, 2.75) is 25.7 Å². The fourth-order valence-electron chi connectivity index (χ4n) is 2.31. The molecule has 1 aliphatic rings. The lowest BCUT2D eigenvalue weighted by atomic mass is 9.90. The van der Waals surface area contributed by atoms with Crippen LogP contribution in [0.4, 0.5) is 0 Å². The van der Waals surface area contributed by atoms with Gasteiger partial charge in [0.1, 0.15) is 5.69 Å². The zero-order valence-electron chi connectivity index (χ0n) is 11.1. The average Bonchev–Trinajstić information content (AvgIpc) is 2.40. The monoisotopic (exact) mass is 248 g/mol. The van der Waals surface area contributed by atoms with Crippen LogP contribution in [0.1, 0.15) is 41.7 Å². The summed E-state index contributed by atoms with van der Waals surface area (Å²) >= 11 is 0. The number of nitrogens with zero attached hydrogens (tertiary/aromatic N) is 2. The van der Waals surface area contributed by atoms with Gasteiger partial charge < -0.3 is 9.64 Å². The third-order valence-electron chi connectivity index (χ3n) is 3.46. The van der Waals surface area contributed by atoms with Crippen molar-refractivity contribution in [3.8, 4) is 0 Å². The van der Waals surface area contributed by atoms with E-state index in [1.54, 1.807) is 13.0 Å². The van der Waals surface area contributed by atoms with Crippen molar-refractivity contribution in [3.63, 3.8) is 0 Å². The van der Waals surface area contributed by atoms with Crippen LogP contribution in [-0.2, 0) is 4.74 Å². The first kappa shape index (κ1) is 13.0. The predicted molar refractivity (Wildman–Crippen MR) is 69.7 cm³/mol. The Balaban J connectivity index is 2.01. The van der Waals surface area contributed by atoms with Gasteiger partial charge in [-0.3, -0.25) is 0 Å². The summed E-state index contributed by atoms with van der Waals surface area (Å²) < 4.78 is 4.92. The maximum Gasteiger partial charge on any atom is 0.356 e. The highest BCUT2D eigenvalue weighted by Crippen LogP contribution is 2.26. The number of carbonyl (C=O) groups excluding carboxylic acids is 1. The van der Waals surface area contributed by atoms with Gasteiger partial charge in [-0.15, -0.1) is 0 Å². The number of carbonyl (C=O) groups is 1. The zero-order chi connectivity index (χ0) is 13.0. The standard InChI is InChI=1S/C14H20N2O2/c1-3-18-14(17)13-5-4-12(10-15-13)11-6-8-16(2)9-7-11/h4-5,10-11H,3,6-9H2,1-2H3. The minimum absolute atomic E-state index is 0.340. The number of rotatable bonds is 3. The number of hydrogen-bond acceptors (Lipinski definition) is 4. The maximum atomic E-state index is 11.5. The average molecular weight is 248 g/mol. The molecule has 0 spiro atoms. The molecule has 1 fully saturated rings. The first-order valence-corrected chi connectivity index (χ1v) is 6.52. The van der Waals surface area contributed by atoms with Crippen LogP contribution in [0.2, 0.25) is 0 Å². The van der Waals surface area contributed by atoms with Gasteiger partial charge in [-0.05, 0) is 57.5 Å². The lowest BCUT2D eigenvalue weighted by Gasteiger charge is -2.28. The second kappa shape index (κ2) is 5.96. The normalized spacial score (nSPS) is 17.7. The topological polar surface area (TPSA) is 42.4 Å². The van der Waals surface area contributed by atoms with Crippen molar-refractivity contribution < 1.29 is 9.53 Å². The third kappa shape index (κ3) is 3.07. The van der Waals surface area contributed by atoms with E-state index in [0.717, 1.165) is 25.9 Å². The zero-order valence-corrected chi connectivity index (χ0v) is 11.1. The molecule has 2 rings (SSSR count). The number of pyridine rings is 1. The van der Waals surface area contributed by atoms with Crippen LogP contribution in [0, 0.1) is 0 Å². The van der Waals surface area contributed by atoms with E-state index in [1.807, 2.05) is 12.3 Å². The number of ether oxygens (including phenoxy) is 1. The molecule has 0 aliphatic carbocycles. The molecule has 0 radical (unpaired) electrons. The Kier molecular flexibility index (Phi) is 4.31. The van der Waals surface area contributed by atoms with E-state index in [-0.39, 0.29) is 5.97 Å². The molecular weight excluding hydrogens is 228 g/mol. The van der Waals surface area contributed by atoms with Crippen LogP contribution in [0.15, 0.2) is 18.3 Å². The molecule has 0 aromatic carbocycles. The van der Waals surface area contributed by atoms with E-state index in [0.29, 0.717) is 18.2 Å². The minimum Gasteiger partial charge on any atom is -0.461 e. The Labute approximate surface area is 108 Å². The molecule has 0 saturated carbocycles. The van der Waals surface area contributed by atoms with Gasteiger partial charge in [-0.2, -0.15) is 0 Å². The lowest BCUT2D eigenvalue weighted by molar-refractivity contribution is 0.0519. The predicted octanol–water partition coefficient (Wildman–Crippen LogP) is 2.07. The van der Waals surface area contributed by atoms with Crippen molar-refractivity contribution >= 4 is 5.97 Å². The third-order valence-corrected chi connectivity index (χ3v) is 3.46. The van der Waals surface area contributed by atoms with E-state index in [4.69, 9.17) is 4.74 Å². The highest BCUT2D eigenvalue weighted by Gasteiger charge is 2.19. The molecule has 1 aromatic rings. The van der Waals surface area contributed by atoms with Gasteiger partial charge in [-0.25, -0.2) is 9.78 Å². The number of hydrogen-bond donors (Lipinski definition) is 0. The molecule has 2 heterocycles. The van der Waals surface area contributed by atoms with Crippen molar-refractivity contribution in [3.05, 3.63) is 29.6 Å². The van der Waals surface area contributed by atoms with Crippen molar-refractivity contribution in [2.24, 2.45) is 0 Å². The first-order chi connectivity index (χ1) is 8.70. The summed E-state index contributed by atoms with van der Waals surface area (Å²) in [5, 5.41) is 0. The molecular formula is C14H20N2O2. The van der Waals surface area contributed by atoms with Crippen LogP contribution in [0.5, 0.6) is 0 Å². The number of piperidine rings is 1. The quantitative estimate of drug-likeness (QED) is 0.768. The van der Waals surface area contributed by atoms with Gasteiger partial charge in [0.15, 0.2) is 0 Å². The van der Waals surface area contributed by atoms with E-state index in [2.05, 4.69) is 16.9 Å². The van der Waals surface area contributed by atoms with Crippen molar-refractivity contribution in [1.82, 2.24) is 9.88 Å². The Morgan fingerprint density at radius 3 is 2.72 bits per heavy atom. The van der Waals surface area contributed by atoms with Crippen LogP contribution in [-0.4, -0.2) is 42.6 Å². The molecule has 0 unspecified atom stereocenters. The minimum atomic E-state index is -0.340. The summed E-state index contributed by atoms with van der Waals surface area (Å²) in [6.07, 6.45) is 4.15. The van der Waals surface area contributed by atoms with Gasteiger partial charge in [-0.1, -0.05) is 6.07 Å². The highest BCUT2D eigenvalue weighted by molar-refractivity contribution is 5.87. The van der Waals surface area contributed by atoms with E-state index >= 15 is 0 Å². The van der Waals surface area contributed by atoms with E-state index < -0.39 is 0 Å². The lowest BCUT2D eigenvalue weighted by Crippen LogP contribution is -2.29. The van der Waals surface area contributed by atoms with Crippen LogP contribution >= 0.6 is 0 Å². The second-order valence-corrected chi connectivity index (χ2v) is 4.77. The number of esters is 1. The van der Waals surface area contributed by atoms with Gasteiger partial charge in [0.25, 0.3) is 0 Å². The van der Waals surface area contributed by atoms with Gasteiger partial charge >= 0.3 is 5.97 Å². The molecule has 4 nitrogen and oxygen atoms in total. The van der Waals surface area contributed by atoms with Gasteiger partial charge in [0.2, 0.25) is 0 Å². The fraction of sp³-hybridized carbons (Fsp3) is 0.571. The smallest absolute Gasteiger partial charge is 0.356 e. The molecule has 0 amide bonds. The summed E-state index contributed by atoms with van der Waals surface area (Å²) in [5.74, 6) is 0.234. The van der Waals surface area contributed by atoms with E-state index in [1.165, 1.54) is 5.56 Å². The Hall–Kier alpha value is -1.42. The molecule has 18 heavy (non-hydrogen) atoms. The van der Waals surface area contributed by atoms with Crippen LogP contribution in [0.3, 0.4) is 0 Å². The molecule has 98 valence electrons. The van der Waals surface area contributed by atoms with Crippen molar-refractivity contribution in [1.29, 1.82) is 0 Å². The second-order valence-electron chi connectivity index (χ2n) is 4.77. The van der Waals surface area contributed by atoms with Gasteiger partial charge in [0, 0.05) is 6.20 Å². The Bertz CT molecular complexity index is 395. The molecule has 0 N–H and O–H groups in total.